The Balaban J connectivity index is 1.51. The third-order valence-corrected chi connectivity index (χ3v) is 5.58. The van der Waals surface area contributed by atoms with Crippen LogP contribution < -0.4 is 0 Å². The highest BCUT2D eigenvalue weighted by Crippen LogP contribution is 2.23. The van der Waals surface area contributed by atoms with E-state index in [4.69, 9.17) is 4.74 Å². The first kappa shape index (κ1) is 20.1. The van der Waals surface area contributed by atoms with Gasteiger partial charge in [0.25, 0.3) is 0 Å². The first-order chi connectivity index (χ1) is 13.2. The van der Waals surface area contributed by atoms with E-state index in [1.807, 2.05) is 0 Å². The lowest BCUT2D eigenvalue weighted by atomic mass is 10.1. The summed E-state index contributed by atoms with van der Waals surface area (Å²) in [5, 5.41) is 1.30. The van der Waals surface area contributed by atoms with Crippen LogP contribution in [0.4, 0.5) is 0 Å². The summed E-state index contributed by atoms with van der Waals surface area (Å²) in [4.78, 5) is 13.9. The molecule has 4 heteroatoms. The second-order valence-corrected chi connectivity index (χ2v) is 7.83. The molecule has 1 aliphatic heterocycles. The Kier molecular flexibility index (Phi) is 7.48. The van der Waals surface area contributed by atoms with Crippen molar-refractivity contribution in [2.45, 2.75) is 65.0 Å². The number of para-hydroxylation sites is 1. The fourth-order valence-electron chi connectivity index (χ4n) is 4.07. The minimum Gasteiger partial charge on any atom is -0.378 e. The number of aryl methyl sites for hydroxylation is 2. The number of aromatic nitrogens is 1. The van der Waals surface area contributed by atoms with E-state index in [-0.39, 0.29) is 5.78 Å². The molecule has 4 nitrogen and oxygen atoms in total. The van der Waals surface area contributed by atoms with E-state index in [0.29, 0.717) is 12.5 Å². The number of likely N-dealkylation sites (tertiary alicyclic amines) is 1. The van der Waals surface area contributed by atoms with Crippen LogP contribution in [0.2, 0.25) is 0 Å². The lowest BCUT2D eigenvalue weighted by Gasteiger charge is -2.31. The van der Waals surface area contributed by atoms with E-state index < -0.39 is 0 Å². The Labute approximate surface area is 163 Å². The number of carbonyl (C=O) groups is 1. The summed E-state index contributed by atoms with van der Waals surface area (Å²) >= 11 is 0. The van der Waals surface area contributed by atoms with Gasteiger partial charge < -0.3 is 19.0 Å². The van der Waals surface area contributed by atoms with Gasteiger partial charge in [-0.2, -0.15) is 0 Å². The molecule has 27 heavy (non-hydrogen) atoms. The molecule has 2 aromatic rings. The molecule has 0 bridgehead atoms. The third kappa shape index (κ3) is 5.66. The number of benzene rings is 1. The molecule has 3 rings (SSSR count). The average Bonchev–Trinajstić information content (AvgIpc) is 3.04. The number of ether oxygens (including phenoxy) is 1. The van der Waals surface area contributed by atoms with Gasteiger partial charge in [-0.15, -0.1) is 0 Å². The highest BCUT2D eigenvalue weighted by molar-refractivity contribution is 5.85. The number of hydrogen-bond donors (Lipinski definition) is 0. The second kappa shape index (κ2) is 10.0. The summed E-state index contributed by atoms with van der Waals surface area (Å²) in [6.45, 7) is 9.25. The van der Waals surface area contributed by atoms with Crippen LogP contribution in [0.25, 0.3) is 10.9 Å². The molecule has 0 aliphatic carbocycles. The Morgan fingerprint density at radius 3 is 2.70 bits per heavy atom. The maximum atomic E-state index is 11.4. The normalized spacial score (nSPS) is 16.2. The highest BCUT2D eigenvalue weighted by Gasteiger charge is 2.19. The average molecular weight is 371 g/mol. The molecule has 1 saturated heterocycles. The quantitative estimate of drug-likeness (QED) is 0.620. The van der Waals surface area contributed by atoms with Crippen molar-refractivity contribution in [1.29, 1.82) is 0 Å². The van der Waals surface area contributed by atoms with Gasteiger partial charge in [-0.25, -0.2) is 0 Å². The maximum absolute atomic E-state index is 11.4. The van der Waals surface area contributed by atoms with Crippen LogP contribution in [-0.4, -0.2) is 47.6 Å². The first-order valence-corrected chi connectivity index (χ1v) is 10.6. The van der Waals surface area contributed by atoms with Crippen molar-refractivity contribution in [3.8, 4) is 0 Å². The van der Waals surface area contributed by atoms with Crippen LogP contribution in [0.15, 0.2) is 30.5 Å². The van der Waals surface area contributed by atoms with Crippen LogP contribution >= 0.6 is 0 Å². The topological polar surface area (TPSA) is 34.5 Å². The Bertz CT molecular complexity index is 729. The zero-order valence-electron chi connectivity index (χ0n) is 17.0. The van der Waals surface area contributed by atoms with Gasteiger partial charge in [0.15, 0.2) is 0 Å². The predicted molar refractivity (Wildman–Crippen MR) is 111 cm³/mol. The number of ketones is 1. The number of Topliss-reactive ketones (excluding diaryl/α,β-unsaturated/α-hetero) is 1. The van der Waals surface area contributed by atoms with Crippen LogP contribution in [0.5, 0.6) is 0 Å². The molecule has 148 valence electrons. The van der Waals surface area contributed by atoms with E-state index in [2.05, 4.69) is 46.9 Å². The number of nitrogens with zero attached hydrogens (tertiary/aromatic N) is 2. The molecule has 0 saturated carbocycles. The summed E-state index contributed by atoms with van der Waals surface area (Å²) < 4.78 is 8.27. The summed E-state index contributed by atoms with van der Waals surface area (Å²) in [7, 11) is 0. The van der Waals surface area contributed by atoms with Crippen LogP contribution in [0, 0.1) is 0 Å². The number of piperidine rings is 1. The van der Waals surface area contributed by atoms with Gasteiger partial charge in [0, 0.05) is 49.8 Å². The van der Waals surface area contributed by atoms with E-state index in [0.717, 1.165) is 52.0 Å². The zero-order valence-corrected chi connectivity index (χ0v) is 17.0. The molecule has 1 aliphatic rings. The maximum Gasteiger partial charge on any atom is 0.130 e. The minimum absolute atomic E-state index is 0.262. The standard InChI is InChI=1S/C23H34N2O2/c1-3-17-27-21-11-15-24(16-12-21)13-6-14-25-18-20(10-9-19(2)26)22-7-4-5-8-23(22)25/h4-5,7-8,18,21H,3,6,9-17H2,1-2H3. The van der Waals surface area contributed by atoms with Crippen molar-refractivity contribution in [1.82, 2.24) is 9.47 Å². The molecule has 0 amide bonds. The van der Waals surface area contributed by atoms with Crippen molar-refractivity contribution in [3.63, 3.8) is 0 Å². The van der Waals surface area contributed by atoms with E-state index in [9.17, 15) is 4.79 Å². The van der Waals surface area contributed by atoms with Crippen LogP contribution in [0.3, 0.4) is 0 Å². The molecule has 1 aromatic carbocycles. The predicted octanol–water partition coefficient (Wildman–Crippen LogP) is 4.44. The first-order valence-electron chi connectivity index (χ1n) is 10.6. The van der Waals surface area contributed by atoms with Gasteiger partial charge in [-0.05, 0) is 57.2 Å². The molecule has 0 spiro atoms. The van der Waals surface area contributed by atoms with E-state index in [1.165, 1.54) is 29.3 Å². The molecule has 1 aromatic heterocycles. The molecule has 0 radical (unpaired) electrons. The monoisotopic (exact) mass is 370 g/mol. The van der Waals surface area contributed by atoms with Crippen molar-refractivity contribution < 1.29 is 9.53 Å². The SMILES string of the molecule is CCCOC1CCN(CCCn2cc(CCC(C)=O)c3ccccc32)CC1. The fourth-order valence-corrected chi connectivity index (χ4v) is 4.07. The fraction of sp³-hybridized carbons (Fsp3) is 0.609. The summed E-state index contributed by atoms with van der Waals surface area (Å²) in [6.07, 6.45) is 8.81. The van der Waals surface area contributed by atoms with Gasteiger partial charge in [0.2, 0.25) is 0 Å². The Morgan fingerprint density at radius 1 is 1.19 bits per heavy atom. The van der Waals surface area contributed by atoms with Gasteiger partial charge in [-0.1, -0.05) is 25.1 Å². The van der Waals surface area contributed by atoms with Gasteiger partial charge in [0.05, 0.1) is 6.10 Å². The molecule has 0 N–H and O–H groups in total. The molecular formula is C23H34N2O2. The summed E-state index contributed by atoms with van der Waals surface area (Å²) in [5.74, 6) is 0.262. The molecular weight excluding hydrogens is 336 g/mol. The molecule has 0 unspecified atom stereocenters. The number of fused-ring (bicyclic) bond motifs is 1. The zero-order chi connectivity index (χ0) is 19.1. The Morgan fingerprint density at radius 2 is 1.96 bits per heavy atom. The van der Waals surface area contributed by atoms with E-state index in [1.54, 1.807) is 6.92 Å². The van der Waals surface area contributed by atoms with Crippen molar-refractivity contribution in [2.24, 2.45) is 0 Å². The van der Waals surface area contributed by atoms with Crippen molar-refractivity contribution >= 4 is 16.7 Å². The third-order valence-electron chi connectivity index (χ3n) is 5.58. The van der Waals surface area contributed by atoms with Gasteiger partial charge in [0.1, 0.15) is 5.78 Å². The number of carbonyl (C=O) groups excluding carboxylic acids is 1. The highest BCUT2D eigenvalue weighted by atomic mass is 16.5. The summed E-state index contributed by atoms with van der Waals surface area (Å²) in [6, 6.07) is 8.58. The second-order valence-electron chi connectivity index (χ2n) is 7.83. The number of hydrogen-bond acceptors (Lipinski definition) is 3. The molecule has 2 heterocycles. The van der Waals surface area contributed by atoms with Crippen LogP contribution in [-0.2, 0) is 22.5 Å². The largest absolute Gasteiger partial charge is 0.378 e. The van der Waals surface area contributed by atoms with Gasteiger partial charge >= 0.3 is 0 Å². The lowest BCUT2D eigenvalue weighted by molar-refractivity contribution is -0.116. The van der Waals surface area contributed by atoms with Crippen molar-refractivity contribution in [3.05, 3.63) is 36.0 Å². The van der Waals surface area contributed by atoms with Gasteiger partial charge in [-0.3, -0.25) is 0 Å². The summed E-state index contributed by atoms with van der Waals surface area (Å²) in [5.41, 5.74) is 2.59. The Hall–Kier alpha value is -1.65. The smallest absolute Gasteiger partial charge is 0.130 e. The molecule has 1 fully saturated rings. The molecule has 0 atom stereocenters. The van der Waals surface area contributed by atoms with E-state index >= 15 is 0 Å². The van der Waals surface area contributed by atoms with Crippen molar-refractivity contribution in [2.75, 3.05) is 26.2 Å². The number of rotatable bonds is 10. The minimum atomic E-state index is 0.262. The lowest BCUT2D eigenvalue weighted by Crippen LogP contribution is -2.37. The van der Waals surface area contributed by atoms with Crippen LogP contribution in [0.1, 0.15) is 51.5 Å².